The molecule has 0 aliphatic carbocycles. The Morgan fingerprint density at radius 2 is 1.59 bits per heavy atom. The van der Waals surface area contributed by atoms with E-state index in [1.54, 1.807) is 0 Å². The van der Waals surface area contributed by atoms with E-state index in [2.05, 4.69) is 71.4 Å². The number of rotatable bonds is 5. The zero-order chi connectivity index (χ0) is 22.7. The third-order valence-corrected chi connectivity index (χ3v) is 6.21. The zero-order valence-electron chi connectivity index (χ0n) is 19.0. The molecule has 2 heterocycles. The van der Waals surface area contributed by atoms with Gasteiger partial charge >= 0.3 is 0 Å². The summed E-state index contributed by atoms with van der Waals surface area (Å²) in [6.07, 6.45) is 1.93. The number of ketones is 1. The molecule has 2 aromatic carbocycles. The van der Waals surface area contributed by atoms with Crippen molar-refractivity contribution in [2.75, 3.05) is 0 Å². The molecule has 0 aliphatic rings. The van der Waals surface area contributed by atoms with E-state index in [1.807, 2.05) is 55.6 Å². The molecule has 4 aromatic rings. The number of aromatic nitrogens is 2. The molecule has 4 rings (SSSR count). The monoisotopic (exact) mass is 436 g/mol. The van der Waals surface area contributed by atoms with Crippen LogP contribution in [-0.2, 0) is 0 Å². The van der Waals surface area contributed by atoms with E-state index in [4.69, 9.17) is 0 Å². The van der Waals surface area contributed by atoms with Crippen molar-refractivity contribution in [3.63, 3.8) is 0 Å². The molecule has 32 heavy (non-hydrogen) atoms. The lowest BCUT2D eigenvalue weighted by molar-refractivity contribution is 0.103. The predicted molar refractivity (Wildman–Crippen MR) is 134 cm³/mol. The van der Waals surface area contributed by atoms with Gasteiger partial charge in [-0.1, -0.05) is 67.5 Å². The van der Waals surface area contributed by atoms with Gasteiger partial charge in [-0.2, -0.15) is 0 Å². The Morgan fingerprint density at radius 3 is 2.22 bits per heavy atom. The first kappa shape index (κ1) is 21.7. The molecule has 1 unspecified atom stereocenters. The number of benzene rings is 2. The summed E-state index contributed by atoms with van der Waals surface area (Å²) >= 11 is 0. The van der Waals surface area contributed by atoms with Gasteiger partial charge in [0.2, 0.25) is 5.78 Å². The fourth-order valence-corrected chi connectivity index (χ4v) is 4.16. The third kappa shape index (κ3) is 5.01. The Balaban J connectivity index is 1.66. The van der Waals surface area contributed by atoms with Gasteiger partial charge in [0.15, 0.2) is 0 Å². The summed E-state index contributed by atoms with van der Waals surface area (Å²) in [4.78, 5) is 19.7. The summed E-state index contributed by atoms with van der Waals surface area (Å²) in [5.74, 6) is 3.29. The van der Waals surface area contributed by atoms with E-state index in [9.17, 15) is 4.79 Å². The number of hydrogen-bond donors (Lipinski definition) is 2. The summed E-state index contributed by atoms with van der Waals surface area (Å²) in [7, 11) is -1.41. The molecular formula is C28H28N2OSi. The molecular weight excluding hydrogens is 408 g/mol. The second kappa shape index (κ2) is 8.90. The van der Waals surface area contributed by atoms with Gasteiger partial charge in [-0.3, -0.25) is 4.79 Å². The molecule has 1 atom stereocenters. The van der Waals surface area contributed by atoms with Crippen LogP contribution in [0.15, 0.2) is 79.0 Å². The first-order valence-electron chi connectivity index (χ1n) is 10.9. The minimum absolute atomic E-state index is 0.00143. The maximum atomic E-state index is 13.0. The van der Waals surface area contributed by atoms with Crippen molar-refractivity contribution in [2.45, 2.75) is 32.5 Å². The fourth-order valence-electron chi connectivity index (χ4n) is 3.64. The van der Waals surface area contributed by atoms with E-state index in [0.717, 1.165) is 28.1 Å². The summed E-state index contributed by atoms with van der Waals surface area (Å²) in [5, 5.41) is 0. The highest BCUT2D eigenvalue weighted by Crippen LogP contribution is 2.31. The van der Waals surface area contributed by atoms with Crippen LogP contribution < -0.4 is 0 Å². The Kier molecular flexibility index (Phi) is 6.03. The van der Waals surface area contributed by atoms with Crippen LogP contribution in [0.2, 0.25) is 19.6 Å². The molecule has 2 N–H and O–H groups in total. The molecule has 4 heteroatoms. The molecule has 160 valence electrons. The zero-order valence-corrected chi connectivity index (χ0v) is 20.0. The smallest absolute Gasteiger partial charge is 0.209 e. The Morgan fingerprint density at radius 1 is 0.875 bits per heavy atom. The van der Waals surface area contributed by atoms with Crippen LogP contribution in [0.5, 0.6) is 0 Å². The average Bonchev–Trinajstić information content (AvgIpc) is 3.46. The topological polar surface area (TPSA) is 48.6 Å². The summed E-state index contributed by atoms with van der Waals surface area (Å²) in [6, 6.07) is 24.1. The average molecular weight is 437 g/mol. The van der Waals surface area contributed by atoms with Crippen molar-refractivity contribution in [3.8, 4) is 11.5 Å². The standard InChI is InChI=1S/C28H28N2OSi/c1-20-7-11-23(12-8-20)28(31)26-16-15-25(30-26)27(24-6-5-18-29-24)22-13-9-21(10-14-22)17-19-32(2,3)4/h5-16,18,27,29-30H,1-4H3. The number of nitrogens with one attached hydrogen (secondary N) is 2. The van der Waals surface area contributed by atoms with Crippen LogP contribution >= 0.6 is 0 Å². The lowest BCUT2D eigenvalue weighted by Crippen LogP contribution is -2.16. The number of aryl methyl sites for hydroxylation is 1. The van der Waals surface area contributed by atoms with Crippen molar-refractivity contribution in [2.24, 2.45) is 0 Å². The van der Waals surface area contributed by atoms with Crippen molar-refractivity contribution in [3.05, 3.63) is 118 Å². The quantitative estimate of drug-likeness (QED) is 0.215. The first-order chi connectivity index (χ1) is 15.3. The molecule has 0 saturated carbocycles. The summed E-state index contributed by atoms with van der Waals surface area (Å²) < 4.78 is 0. The van der Waals surface area contributed by atoms with Gasteiger partial charge < -0.3 is 9.97 Å². The second-order valence-corrected chi connectivity index (χ2v) is 14.0. The van der Waals surface area contributed by atoms with Gasteiger partial charge in [0.1, 0.15) is 8.07 Å². The number of carbonyl (C=O) groups is 1. The highest BCUT2D eigenvalue weighted by Gasteiger charge is 2.21. The minimum atomic E-state index is -1.41. The van der Waals surface area contributed by atoms with Crippen LogP contribution in [0, 0.1) is 18.4 Å². The molecule has 0 fully saturated rings. The van der Waals surface area contributed by atoms with Gasteiger partial charge in [-0.15, -0.1) is 5.54 Å². The van der Waals surface area contributed by atoms with Crippen LogP contribution in [0.3, 0.4) is 0 Å². The molecule has 3 nitrogen and oxygen atoms in total. The van der Waals surface area contributed by atoms with Gasteiger partial charge in [0, 0.05) is 28.7 Å². The normalized spacial score (nSPS) is 12.1. The molecule has 0 aliphatic heterocycles. The SMILES string of the molecule is Cc1ccc(C(=O)c2ccc(C(c3ccc(C#C[Si](C)(C)C)cc3)c3ccc[nH]3)[nH]2)cc1. The summed E-state index contributed by atoms with van der Waals surface area (Å²) in [6.45, 7) is 8.76. The Labute approximate surface area is 190 Å². The molecule has 0 radical (unpaired) electrons. The molecule has 0 bridgehead atoms. The van der Waals surface area contributed by atoms with Crippen LogP contribution in [-0.4, -0.2) is 23.8 Å². The van der Waals surface area contributed by atoms with Gasteiger partial charge in [-0.25, -0.2) is 0 Å². The van der Waals surface area contributed by atoms with Crippen molar-refractivity contribution in [1.82, 2.24) is 9.97 Å². The van der Waals surface area contributed by atoms with Crippen LogP contribution in [0.4, 0.5) is 0 Å². The number of carbonyl (C=O) groups excluding carboxylic acids is 1. The van der Waals surface area contributed by atoms with E-state index in [-0.39, 0.29) is 11.7 Å². The van der Waals surface area contributed by atoms with Gasteiger partial charge in [0.05, 0.1) is 11.6 Å². The Hall–Kier alpha value is -3.55. The van der Waals surface area contributed by atoms with E-state index in [0.29, 0.717) is 11.3 Å². The first-order valence-corrected chi connectivity index (χ1v) is 14.4. The van der Waals surface area contributed by atoms with Crippen molar-refractivity contribution >= 4 is 13.9 Å². The predicted octanol–water partition coefficient (Wildman–Crippen LogP) is 6.29. The fraction of sp³-hybridized carbons (Fsp3) is 0.179. The highest BCUT2D eigenvalue weighted by atomic mass is 28.3. The minimum Gasteiger partial charge on any atom is -0.364 e. The van der Waals surface area contributed by atoms with E-state index < -0.39 is 8.07 Å². The lowest BCUT2D eigenvalue weighted by atomic mass is 9.92. The number of aromatic amines is 2. The largest absolute Gasteiger partial charge is 0.364 e. The molecule has 0 saturated heterocycles. The van der Waals surface area contributed by atoms with Crippen LogP contribution in [0.25, 0.3) is 0 Å². The lowest BCUT2D eigenvalue weighted by Gasteiger charge is -2.16. The van der Waals surface area contributed by atoms with Gasteiger partial charge in [-0.05, 0) is 48.9 Å². The molecule has 0 amide bonds. The Bertz CT molecular complexity index is 1260. The van der Waals surface area contributed by atoms with Gasteiger partial charge in [0.25, 0.3) is 0 Å². The summed E-state index contributed by atoms with van der Waals surface area (Å²) in [5.41, 5.74) is 10.1. The maximum Gasteiger partial charge on any atom is 0.209 e. The maximum absolute atomic E-state index is 13.0. The van der Waals surface area contributed by atoms with Crippen molar-refractivity contribution < 1.29 is 4.79 Å². The number of hydrogen-bond acceptors (Lipinski definition) is 1. The van der Waals surface area contributed by atoms with E-state index >= 15 is 0 Å². The molecule has 0 spiro atoms. The van der Waals surface area contributed by atoms with Crippen LogP contribution in [0.1, 0.15) is 50.0 Å². The second-order valence-electron chi connectivity index (χ2n) is 9.20. The number of H-pyrrole nitrogens is 2. The highest BCUT2D eigenvalue weighted by molar-refractivity contribution is 6.83. The third-order valence-electron chi connectivity index (χ3n) is 5.34. The molecule has 2 aromatic heterocycles. The van der Waals surface area contributed by atoms with E-state index in [1.165, 1.54) is 0 Å². The van der Waals surface area contributed by atoms with Crippen molar-refractivity contribution in [1.29, 1.82) is 0 Å².